The van der Waals surface area contributed by atoms with Gasteiger partial charge in [-0.1, -0.05) is 125 Å². The van der Waals surface area contributed by atoms with Crippen LogP contribution in [0.1, 0.15) is 58.3 Å². The lowest BCUT2D eigenvalue weighted by Gasteiger charge is -2.18. The maximum Gasteiger partial charge on any atom is 0.0775 e. The Morgan fingerprint density at radius 2 is 1.27 bits per heavy atom. The first-order valence-electron chi connectivity index (χ1n) is 9.55. The third-order valence-corrected chi connectivity index (χ3v) is 9.70. The fourth-order valence-electron chi connectivity index (χ4n) is 3.06. The maximum absolute atomic E-state index is 2.53. The molecule has 0 fully saturated rings. The van der Waals surface area contributed by atoms with Gasteiger partial charge >= 0.3 is 0 Å². The fourth-order valence-corrected chi connectivity index (χ4v) is 6.31. The minimum absolute atomic E-state index is 0.690. The third-order valence-electron chi connectivity index (χ3n) is 4.84. The quantitative estimate of drug-likeness (QED) is 0.373. The lowest BCUT2D eigenvalue weighted by molar-refractivity contribution is 0.584. The van der Waals surface area contributed by atoms with Crippen molar-refractivity contribution < 1.29 is 0 Å². The van der Waals surface area contributed by atoms with Gasteiger partial charge in [0.1, 0.15) is 0 Å². The molecule has 0 nitrogen and oxygen atoms in total. The number of benzene rings is 1. The van der Waals surface area contributed by atoms with Crippen LogP contribution in [0, 0.1) is 0 Å². The Kier molecular flexibility index (Phi) is 9.34. The Hall–Kier alpha value is -0.346. The summed E-state index contributed by atoms with van der Waals surface area (Å²) in [4.78, 5) is 0. The molecule has 0 N–H and O–H groups in total. The van der Waals surface area contributed by atoms with Crippen LogP contribution >= 0.6 is 0 Å². The summed E-state index contributed by atoms with van der Waals surface area (Å²) in [5, 5.41) is 3.27. The molecule has 2 heteroatoms. The Bertz CT molecular complexity index is 389. The van der Waals surface area contributed by atoms with Gasteiger partial charge in [0, 0.05) is 0 Å². The van der Waals surface area contributed by atoms with Crippen molar-refractivity contribution in [1.29, 1.82) is 0 Å². The smallest absolute Gasteiger partial charge is 0.0680 e. The average Bonchev–Trinajstić information content (AvgIpc) is 2.49. The van der Waals surface area contributed by atoms with Gasteiger partial charge in [0.15, 0.2) is 0 Å². The van der Waals surface area contributed by atoms with Crippen molar-refractivity contribution in [3.63, 3.8) is 0 Å². The van der Waals surface area contributed by atoms with Gasteiger partial charge in [0.25, 0.3) is 0 Å². The van der Waals surface area contributed by atoms with Crippen molar-refractivity contribution in [2.75, 3.05) is 0 Å². The van der Waals surface area contributed by atoms with E-state index in [9.17, 15) is 0 Å². The molecule has 1 aromatic rings. The molecule has 0 aliphatic heterocycles. The van der Waals surface area contributed by atoms with Crippen LogP contribution in [0.25, 0.3) is 0 Å². The number of hydrogen-bond donors (Lipinski definition) is 0. The van der Waals surface area contributed by atoms with Crippen molar-refractivity contribution in [2.45, 2.75) is 90.5 Å². The Morgan fingerprint density at radius 1 is 0.773 bits per heavy atom. The van der Waals surface area contributed by atoms with Crippen LogP contribution in [0.3, 0.4) is 0 Å². The predicted molar refractivity (Wildman–Crippen MR) is 109 cm³/mol. The summed E-state index contributed by atoms with van der Waals surface area (Å²) < 4.78 is 0. The van der Waals surface area contributed by atoms with Crippen LogP contribution in [0.15, 0.2) is 24.3 Å². The van der Waals surface area contributed by atoms with Crippen molar-refractivity contribution in [3.05, 3.63) is 24.3 Å². The van der Waals surface area contributed by atoms with Crippen molar-refractivity contribution in [1.82, 2.24) is 0 Å². The molecule has 0 saturated carbocycles. The Balaban J connectivity index is 2.21. The summed E-state index contributed by atoms with van der Waals surface area (Å²) in [6.07, 6.45) is 11.5. The minimum Gasteiger partial charge on any atom is -0.0680 e. The molecule has 0 aliphatic carbocycles. The fraction of sp³-hybridized carbons (Fsp3) is 0.700. The van der Waals surface area contributed by atoms with E-state index in [1.54, 1.807) is 10.4 Å². The summed E-state index contributed by atoms with van der Waals surface area (Å²) in [5.41, 5.74) is 0. The zero-order chi connectivity index (χ0) is 16.4. The first kappa shape index (κ1) is 19.7. The first-order chi connectivity index (χ1) is 10.4. The molecule has 0 heterocycles. The lowest BCUT2D eigenvalue weighted by atomic mass is 10.1. The second-order valence-corrected chi connectivity index (χ2v) is 16.2. The van der Waals surface area contributed by atoms with E-state index >= 15 is 0 Å². The molecule has 0 saturated heterocycles. The highest BCUT2D eigenvalue weighted by molar-refractivity contribution is 6.88. The summed E-state index contributed by atoms with van der Waals surface area (Å²) in [6.45, 7) is 12.1. The molecular formula is C20H38Si2. The molecule has 1 aromatic carbocycles. The third kappa shape index (κ3) is 7.78. The molecule has 0 aromatic heterocycles. The van der Waals surface area contributed by atoms with Gasteiger partial charge in [-0.05, 0) is 0 Å². The molecule has 0 aliphatic rings. The van der Waals surface area contributed by atoms with Crippen LogP contribution < -0.4 is 10.4 Å². The summed E-state index contributed by atoms with van der Waals surface area (Å²) in [7, 11) is -1.82. The van der Waals surface area contributed by atoms with Gasteiger partial charge in [0.2, 0.25) is 0 Å². The summed E-state index contributed by atoms with van der Waals surface area (Å²) in [5.74, 6) is 0. The SMILES string of the molecule is CCCCCCCCCC[SiH](C)c1ccc([Si](C)(C)C)cc1. The molecule has 0 spiro atoms. The highest BCUT2D eigenvalue weighted by Crippen LogP contribution is 2.11. The van der Waals surface area contributed by atoms with Crippen molar-refractivity contribution in [3.8, 4) is 0 Å². The van der Waals surface area contributed by atoms with Crippen LogP contribution in [-0.4, -0.2) is 16.9 Å². The van der Waals surface area contributed by atoms with E-state index in [0.717, 1.165) is 0 Å². The normalized spacial score (nSPS) is 13.3. The second-order valence-electron chi connectivity index (χ2n) is 8.04. The predicted octanol–water partition coefficient (Wildman–Crippen LogP) is 5.44. The first-order valence-corrected chi connectivity index (χ1v) is 15.6. The highest BCUT2D eigenvalue weighted by atomic mass is 28.3. The van der Waals surface area contributed by atoms with E-state index < -0.39 is 16.9 Å². The van der Waals surface area contributed by atoms with Crippen LogP contribution in [0.2, 0.25) is 32.2 Å². The lowest BCUT2D eigenvalue weighted by Crippen LogP contribution is -2.39. The van der Waals surface area contributed by atoms with Crippen LogP contribution in [0.5, 0.6) is 0 Å². The number of rotatable bonds is 11. The summed E-state index contributed by atoms with van der Waals surface area (Å²) in [6, 6.07) is 11.2. The van der Waals surface area contributed by atoms with Gasteiger partial charge in [-0.3, -0.25) is 0 Å². The number of hydrogen-bond acceptors (Lipinski definition) is 0. The molecule has 1 atom stereocenters. The molecule has 1 unspecified atom stereocenters. The Morgan fingerprint density at radius 3 is 1.77 bits per heavy atom. The zero-order valence-electron chi connectivity index (χ0n) is 15.8. The van der Waals surface area contributed by atoms with Gasteiger partial charge in [-0.2, -0.15) is 0 Å². The maximum atomic E-state index is 2.53. The Labute approximate surface area is 142 Å². The van der Waals surface area contributed by atoms with Gasteiger partial charge in [-0.15, -0.1) is 0 Å². The van der Waals surface area contributed by atoms with E-state index in [-0.39, 0.29) is 0 Å². The van der Waals surface area contributed by atoms with Gasteiger partial charge in [-0.25, -0.2) is 0 Å². The largest absolute Gasteiger partial charge is 0.0775 e. The average molecular weight is 335 g/mol. The molecule has 1 rings (SSSR count). The van der Waals surface area contributed by atoms with Crippen molar-refractivity contribution in [2.24, 2.45) is 0 Å². The molecule has 0 radical (unpaired) electrons. The standard InChI is InChI=1S/C20H38Si2/c1-6-7-8-9-10-11-12-13-18-21(2)19-14-16-20(17-15-19)22(3,4)5/h14-17,21H,6-13,18H2,1-5H3. The molecule has 0 amide bonds. The van der Waals surface area contributed by atoms with Crippen molar-refractivity contribution >= 4 is 27.2 Å². The van der Waals surface area contributed by atoms with Crippen LogP contribution in [0.4, 0.5) is 0 Å². The summed E-state index contributed by atoms with van der Waals surface area (Å²) >= 11 is 0. The van der Waals surface area contributed by atoms with Gasteiger partial charge < -0.3 is 0 Å². The van der Waals surface area contributed by atoms with Crippen LogP contribution in [-0.2, 0) is 0 Å². The minimum atomic E-state index is -1.13. The van der Waals surface area contributed by atoms with E-state index in [4.69, 9.17) is 0 Å². The number of unbranched alkanes of at least 4 members (excludes halogenated alkanes) is 7. The zero-order valence-corrected chi connectivity index (χ0v) is 17.9. The van der Waals surface area contributed by atoms with E-state index in [2.05, 4.69) is 57.4 Å². The van der Waals surface area contributed by atoms with E-state index in [1.807, 2.05) is 0 Å². The molecular weight excluding hydrogens is 296 g/mol. The van der Waals surface area contributed by atoms with Gasteiger partial charge in [0.05, 0.1) is 16.9 Å². The molecule has 126 valence electrons. The monoisotopic (exact) mass is 334 g/mol. The second kappa shape index (κ2) is 10.4. The topological polar surface area (TPSA) is 0 Å². The molecule has 0 bridgehead atoms. The van der Waals surface area contributed by atoms with E-state index in [0.29, 0.717) is 0 Å². The highest BCUT2D eigenvalue weighted by Gasteiger charge is 2.16. The molecule has 22 heavy (non-hydrogen) atoms. The van der Waals surface area contributed by atoms with E-state index in [1.165, 1.54) is 57.4 Å².